The molecule has 2 aromatic rings. The molecule has 1 N–H and O–H groups in total. The molecule has 2 aliphatic heterocycles. The van der Waals surface area contributed by atoms with Crippen LogP contribution in [0.5, 0.6) is 0 Å². The van der Waals surface area contributed by atoms with Crippen LogP contribution in [0, 0.1) is 11.8 Å². The van der Waals surface area contributed by atoms with Gasteiger partial charge in [0.1, 0.15) is 6.04 Å². The SMILES string of the molecule is Cn1c(=O)n(C2CCC(=O)NC2=O)c2cccc(C3CCC(CN4CCN(CC5CCCCC5)CC4)CC3)c21. The zero-order valence-corrected chi connectivity index (χ0v) is 23.6. The van der Waals surface area contributed by atoms with Crippen LogP contribution in [0.1, 0.15) is 88.2 Å². The van der Waals surface area contributed by atoms with Crippen LogP contribution in [0.3, 0.4) is 0 Å². The summed E-state index contributed by atoms with van der Waals surface area (Å²) in [4.78, 5) is 43.0. The van der Waals surface area contributed by atoms with E-state index >= 15 is 0 Å². The molecule has 2 saturated heterocycles. The Morgan fingerprint density at radius 2 is 1.44 bits per heavy atom. The number of para-hydroxylation sites is 1. The minimum atomic E-state index is -0.631. The minimum Gasteiger partial charge on any atom is -0.301 e. The molecule has 0 radical (unpaired) electrons. The Bertz CT molecular complexity index is 1240. The Morgan fingerprint density at radius 3 is 2.08 bits per heavy atom. The van der Waals surface area contributed by atoms with Crippen molar-refractivity contribution in [1.82, 2.24) is 24.3 Å². The maximum atomic E-state index is 13.3. The second kappa shape index (κ2) is 11.6. The first kappa shape index (κ1) is 26.8. The first-order valence-electron chi connectivity index (χ1n) is 15.5. The lowest BCUT2D eigenvalue weighted by Gasteiger charge is -2.39. The van der Waals surface area contributed by atoms with E-state index < -0.39 is 6.04 Å². The predicted octanol–water partition coefficient (Wildman–Crippen LogP) is 3.79. The Kier molecular flexibility index (Phi) is 7.94. The lowest BCUT2D eigenvalue weighted by Crippen LogP contribution is -2.49. The van der Waals surface area contributed by atoms with Crippen molar-refractivity contribution in [3.63, 3.8) is 0 Å². The average Bonchev–Trinajstić information content (AvgIpc) is 3.20. The number of nitrogens with zero attached hydrogens (tertiary/aromatic N) is 4. The highest BCUT2D eigenvalue weighted by molar-refractivity contribution is 6.00. The van der Waals surface area contributed by atoms with E-state index in [1.54, 1.807) is 9.13 Å². The molecule has 0 bridgehead atoms. The Labute approximate surface area is 231 Å². The van der Waals surface area contributed by atoms with Crippen LogP contribution < -0.4 is 11.0 Å². The second-order valence-electron chi connectivity index (χ2n) is 12.7. The summed E-state index contributed by atoms with van der Waals surface area (Å²) in [5.74, 6) is 1.48. The molecule has 3 heterocycles. The fourth-order valence-electron chi connectivity index (χ4n) is 7.94. The van der Waals surface area contributed by atoms with Crippen LogP contribution in [0.2, 0.25) is 0 Å². The monoisotopic (exact) mass is 535 g/mol. The van der Waals surface area contributed by atoms with Crippen LogP contribution in [-0.4, -0.2) is 70.0 Å². The minimum absolute atomic E-state index is 0.178. The summed E-state index contributed by atoms with van der Waals surface area (Å²) in [6.45, 7) is 7.42. The van der Waals surface area contributed by atoms with Crippen molar-refractivity contribution in [1.29, 1.82) is 0 Å². The number of rotatable bonds is 6. The van der Waals surface area contributed by atoms with Crippen molar-refractivity contribution in [3.05, 3.63) is 34.2 Å². The first-order chi connectivity index (χ1) is 19.0. The van der Waals surface area contributed by atoms with E-state index in [0.29, 0.717) is 12.3 Å². The molecule has 6 rings (SSSR count). The molecule has 2 amide bonds. The quantitative estimate of drug-likeness (QED) is 0.570. The third-order valence-electron chi connectivity index (χ3n) is 10.2. The van der Waals surface area contributed by atoms with E-state index in [2.05, 4.69) is 21.2 Å². The van der Waals surface area contributed by atoms with Crippen LogP contribution >= 0.6 is 0 Å². The number of carbonyl (C=O) groups excluding carboxylic acids is 2. The molecule has 8 heteroatoms. The van der Waals surface area contributed by atoms with Gasteiger partial charge in [-0.05, 0) is 74.3 Å². The number of piperidine rings is 1. The van der Waals surface area contributed by atoms with E-state index in [1.165, 1.54) is 89.8 Å². The maximum Gasteiger partial charge on any atom is 0.329 e. The van der Waals surface area contributed by atoms with Gasteiger partial charge in [0.2, 0.25) is 11.8 Å². The van der Waals surface area contributed by atoms with Gasteiger partial charge in [0.15, 0.2) is 0 Å². The zero-order valence-electron chi connectivity index (χ0n) is 23.6. The summed E-state index contributed by atoms with van der Waals surface area (Å²) in [6.07, 6.45) is 12.6. The van der Waals surface area contributed by atoms with Gasteiger partial charge in [-0.1, -0.05) is 31.4 Å². The number of nitrogens with one attached hydrogen (secondary N) is 1. The summed E-state index contributed by atoms with van der Waals surface area (Å²) in [5.41, 5.74) is 2.81. The number of imide groups is 1. The van der Waals surface area contributed by atoms with E-state index in [9.17, 15) is 14.4 Å². The Balaban J connectivity index is 1.07. The summed E-state index contributed by atoms with van der Waals surface area (Å²) >= 11 is 0. The van der Waals surface area contributed by atoms with Crippen molar-refractivity contribution in [2.24, 2.45) is 18.9 Å². The number of aromatic nitrogens is 2. The molecule has 2 saturated carbocycles. The van der Waals surface area contributed by atoms with Crippen LogP contribution in [-0.2, 0) is 16.6 Å². The lowest BCUT2D eigenvalue weighted by atomic mass is 9.78. The molecular formula is C31H45N5O3. The van der Waals surface area contributed by atoms with E-state index in [0.717, 1.165) is 35.7 Å². The van der Waals surface area contributed by atoms with Gasteiger partial charge in [0.05, 0.1) is 11.0 Å². The standard InChI is InChI=1S/C31H45N5O3/c1-33-29-25(8-5-9-26(29)36(31(33)39)27-14-15-28(37)32-30(27)38)24-12-10-23(11-13-24)21-35-18-16-34(17-19-35)20-22-6-3-2-4-7-22/h5,8-9,22-24,27H,2-4,6-7,10-21H2,1H3,(H,32,37,38). The van der Waals surface area contributed by atoms with E-state index in [1.807, 2.05) is 19.2 Å². The number of fused-ring (bicyclic) bond motifs is 1. The first-order valence-corrected chi connectivity index (χ1v) is 15.5. The summed E-state index contributed by atoms with van der Waals surface area (Å²) in [6, 6.07) is 5.52. The molecule has 4 fully saturated rings. The largest absolute Gasteiger partial charge is 0.329 e. The smallest absolute Gasteiger partial charge is 0.301 e. The van der Waals surface area contributed by atoms with E-state index in [4.69, 9.17) is 0 Å². The molecule has 1 unspecified atom stereocenters. The number of benzene rings is 1. The second-order valence-corrected chi connectivity index (χ2v) is 12.7. The number of amides is 2. The molecule has 39 heavy (non-hydrogen) atoms. The number of hydrogen-bond donors (Lipinski definition) is 1. The summed E-state index contributed by atoms with van der Waals surface area (Å²) in [7, 11) is 1.82. The topological polar surface area (TPSA) is 79.6 Å². The summed E-state index contributed by atoms with van der Waals surface area (Å²) in [5, 5.41) is 2.41. The lowest BCUT2D eigenvalue weighted by molar-refractivity contribution is -0.135. The number of imidazole rings is 1. The van der Waals surface area contributed by atoms with Gasteiger partial charge in [-0.25, -0.2) is 4.79 Å². The van der Waals surface area contributed by atoms with Crippen molar-refractivity contribution < 1.29 is 9.59 Å². The Morgan fingerprint density at radius 1 is 0.795 bits per heavy atom. The molecule has 2 aliphatic carbocycles. The highest BCUT2D eigenvalue weighted by Crippen LogP contribution is 2.39. The third kappa shape index (κ3) is 5.60. The predicted molar refractivity (Wildman–Crippen MR) is 153 cm³/mol. The van der Waals surface area contributed by atoms with Crippen LogP contribution in [0.15, 0.2) is 23.0 Å². The molecule has 1 atom stereocenters. The molecule has 1 aromatic carbocycles. The number of hydrogen-bond acceptors (Lipinski definition) is 5. The van der Waals surface area contributed by atoms with Gasteiger partial charge >= 0.3 is 5.69 Å². The molecule has 1 aromatic heterocycles. The van der Waals surface area contributed by atoms with E-state index in [-0.39, 0.29) is 23.9 Å². The average molecular weight is 536 g/mol. The van der Waals surface area contributed by atoms with Crippen molar-refractivity contribution in [3.8, 4) is 0 Å². The van der Waals surface area contributed by atoms with Crippen LogP contribution in [0.25, 0.3) is 11.0 Å². The van der Waals surface area contributed by atoms with Gasteiger partial charge in [0, 0.05) is 52.7 Å². The number of carbonyl (C=O) groups is 2. The molecular weight excluding hydrogens is 490 g/mol. The number of aryl methyl sites for hydroxylation is 1. The van der Waals surface area contributed by atoms with Gasteiger partial charge < -0.3 is 9.80 Å². The van der Waals surface area contributed by atoms with Gasteiger partial charge in [-0.2, -0.15) is 0 Å². The van der Waals surface area contributed by atoms with Crippen molar-refractivity contribution in [2.75, 3.05) is 39.3 Å². The maximum absolute atomic E-state index is 13.3. The van der Waals surface area contributed by atoms with Crippen LogP contribution in [0.4, 0.5) is 0 Å². The highest BCUT2D eigenvalue weighted by Gasteiger charge is 2.33. The summed E-state index contributed by atoms with van der Waals surface area (Å²) < 4.78 is 3.33. The Hall–Kier alpha value is -2.45. The number of piperazine rings is 1. The molecule has 4 aliphatic rings. The normalized spacial score (nSPS) is 28.2. The molecule has 0 spiro atoms. The van der Waals surface area contributed by atoms with Gasteiger partial charge in [-0.3, -0.25) is 24.0 Å². The van der Waals surface area contributed by atoms with Gasteiger partial charge in [0.25, 0.3) is 0 Å². The fraction of sp³-hybridized carbons (Fsp3) is 0.710. The molecule has 212 valence electrons. The van der Waals surface area contributed by atoms with Gasteiger partial charge in [-0.15, -0.1) is 0 Å². The molecule has 8 nitrogen and oxygen atoms in total. The van der Waals surface area contributed by atoms with Crippen molar-refractivity contribution >= 4 is 22.8 Å². The highest BCUT2D eigenvalue weighted by atomic mass is 16.2. The third-order valence-corrected chi connectivity index (χ3v) is 10.2. The fourth-order valence-corrected chi connectivity index (χ4v) is 7.94. The van der Waals surface area contributed by atoms with Crippen molar-refractivity contribution in [2.45, 2.75) is 82.6 Å². The zero-order chi connectivity index (χ0) is 26.9.